The van der Waals surface area contributed by atoms with E-state index in [9.17, 15) is 9.59 Å². The number of carbonyl (C=O) groups excluding carboxylic acids is 1. The van der Waals surface area contributed by atoms with Crippen LogP contribution in [0, 0.1) is 5.41 Å². The highest BCUT2D eigenvalue weighted by Crippen LogP contribution is 2.12. The Morgan fingerprint density at radius 2 is 2.12 bits per heavy atom. The van der Waals surface area contributed by atoms with E-state index in [0.717, 1.165) is 6.07 Å². The Bertz CT molecular complexity index is 465. The summed E-state index contributed by atoms with van der Waals surface area (Å²) in [7, 11) is 0. The van der Waals surface area contributed by atoms with Crippen LogP contribution in [0.25, 0.3) is 0 Å². The molecular weight excluding hydrogens is 224 g/mol. The summed E-state index contributed by atoms with van der Waals surface area (Å²) in [5, 5.41) is 20.7. The molecule has 1 rings (SSSR count). The van der Waals surface area contributed by atoms with E-state index in [1.54, 1.807) is 13.8 Å². The monoisotopic (exact) mass is 240 g/mol. The van der Waals surface area contributed by atoms with E-state index in [2.05, 4.69) is 10.3 Å². The summed E-state index contributed by atoms with van der Waals surface area (Å²) in [4.78, 5) is 24.8. The number of rotatable bonds is 4. The number of aliphatic hydroxyl groups excluding tert-OH is 1. The maximum atomic E-state index is 11.7. The second kappa shape index (κ2) is 5.01. The van der Waals surface area contributed by atoms with E-state index in [1.807, 2.05) is 0 Å². The third-order valence-electron chi connectivity index (χ3n) is 2.25. The lowest BCUT2D eigenvalue weighted by molar-refractivity contribution is 0.0910. The number of hydrogen-bond donors (Lipinski definition) is 4. The third-order valence-corrected chi connectivity index (χ3v) is 2.25. The Balaban J connectivity index is 2.74. The molecule has 1 amide bonds. The molecule has 94 valence electrons. The summed E-state index contributed by atoms with van der Waals surface area (Å²) in [5.74, 6) is -0.822. The lowest BCUT2D eigenvalue weighted by Crippen LogP contribution is -2.36. The molecule has 1 aromatic rings. The van der Waals surface area contributed by atoms with Crippen molar-refractivity contribution in [1.29, 1.82) is 0 Å². The molecule has 0 fully saturated rings. The van der Waals surface area contributed by atoms with Crippen molar-refractivity contribution in [2.75, 3.05) is 13.2 Å². The van der Waals surface area contributed by atoms with Crippen LogP contribution in [0.4, 0.5) is 0 Å². The number of aromatic hydroxyl groups is 1. The highest BCUT2D eigenvalue weighted by molar-refractivity contribution is 5.94. The van der Waals surface area contributed by atoms with Crippen LogP contribution >= 0.6 is 0 Å². The highest BCUT2D eigenvalue weighted by Gasteiger charge is 2.18. The maximum absolute atomic E-state index is 11.7. The van der Waals surface area contributed by atoms with Gasteiger partial charge >= 0.3 is 0 Å². The van der Waals surface area contributed by atoms with Crippen LogP contribution in [-0.2, 0) is 0 Å². The van der Waals surface area contributed by atoms with Crippen molar-refractivity contribution in [3.63, 3.8) is 0 Å². The average Bonchev–Trinajstić information content (AvgIpc) is 2.24. The molecule has 6 heteroatoms. The van der Waals surface area contributed by atoms with Gasteiger partial charge in [-0.1, -0.05) is 13.8 Å². The van der Waals surface area contributed by atoms with Crippen LogP contribution < -0.4 is 10.9 Å². The van der Waals surface area contributed by atoms with Crippen LogP contribution in [0.3, 0.4) is 0 Å². The van der Waals surface area contributed by atoms with Crippen LogP contribution in [0.5, 0.6) is 5.88 Å². The van der Waals surface area contributed by atoms with Crippen LogP contribution in [0.2, 0.25) is 0 Å². The molecular formula is C11H16N2O4. The van der Waals surface area contributed by atoms with Gasteiger partial charge < -0.3 is 15.5 Å². The third kappa shape index (κ3) is 3.92. The molecule has 0 saturated carbocycles. The molecule has 0 aliphatic carbocycles. The number of aliphatic hydroxyl groups is 1. The van der Waals surface area contributed by atoms with Gasteiger partial charge in [0.1, 0.15) is 0 Å². The molecule has 0 spiro atoms. The van der Waals surface area contributed by atoms with Gasteiger partial charge in [0, 0.05) is 30.7 Å². The number of H-pyrrole nitrogens is 1. The van der Waals surface area contributed by atoms with Crippen molar-refractivity contribution in [1.82, 2.24) is 10.3 Å². The van der Waals surface area contributed by atoms with E-state index in [4.69, 9.17) is 10.2 Å². The predicted octanol–water partition coefficient (Wildman–Crippen LogP) is -0.171. The summed E-state index contributed by atoms with van der Waals surface area (Å²) in [6.45, 7) is 3.80. The van der Waals surface area contributed by atoms with E-state index in [-0.39, 0.29) is 24.6 Å². The number of aromatic amines is 1. The summed E-state index contributed by atoms with van der Waals surface area (Å²) in [5.41, 5.74) is -0.893. The summed E-state index contributed by atoms with van der Waals surface area (Å²) in [6.07, 6.45) is 0. The molecule has 0 aliphatic rings. The van der Waals surface area contributed by atoms with Gasteiger partial charge in [0.25, 0.3) is 11.5 Å². The number of nitrogens with one attached hydrogen (secondary N) is 2. The predicted molar refractivity (Wildman–Crippen MR) is 61.9 cm³/mol. The fraction of sp³-hybridized carbons (Fsp3) is 0.455. The fourth-order valence-corrected chi connectivity index (χ4v) is 1.14. The number of hydrogen-bond acceptors (Lipinski definition) is 4. The molecule has 17 heavy (non-hydrogen) atoms. The van der Waals surface area contributed by atoms with Gasteiger partial charge in [-0.05, 0) is 0 Å². The SMILES string of the molecule is CC(C)(CO)CNC(=O)c1cc(O)[nH]c(=O)c1. The van der Waals surface area contributed by atoms with Gasteiger partial charge in [0.2, 0.25) is 0 Å². The Morgan fingerprint density at radius 3 is 2.65 bits per heavy atom. The second-order valence-electron chi connectivity index (χ2n) is 4.62. The minimum Gasteiger partial charge on any atom is -0.494 e. The first-order valence-corrected chi connectivity index (χ1v) is 5.16. The first-order chi connectivity index (χ1) is 7.84. The van der Waals surface area contributed by atoms with Crippen molar-refractivity contribution in [3.8, 4) is 5.88 Å². The minimum atomic E-state index is -0.545. The normalized spacial score (nSPS) is 11.2. The van der Waals surface area contributed by atoms with Crippen LogP contribution in [0.15, 0.2) is 16.9 Å². The first kappa shape index (κ1) is 13.2. The van der Waals surface area contributed by atoms with Gasteiger partial charge in [-0.25, -0.2) is 0 Å². The van der Waals surface area contributed by atoms with E-state index < -0.39 is 16.9 Å². The van der Waals surface area contributed by atoms with Gasteiger partial charge in [-0.15, -0.1) is 0 Å². The zero-order valence-corrected chi connectivity index (χ0v) is 9.78. The number of aromatic nitrogens is 1. The highest BCUT2D eigenvalue weighted by atomic mass is 16.3. The number of pyridine rings is 1. The van der Waals surface area contributed by atoms with Gasteiger partial charge in [-0.2, -0.15) is 0 Å². The van der Waals surface area contributed by atoms with Gasteiger partial charge in [-0.3, -0.25) is 14.6 Å². The van der Waals surface area contributed by atoms with Gasteiger partial charge in [0.05, 0.1) is 5.56 Å². The summed E-state index contributed by atoms with van der Waals surface area (Å²) >= 11 is 0. The van der Waals surface area contributed by atoms with E-state index in [0.29, 0.717) is 0 Å². The average molecular weight is 240 g/mol. The lowest BCUT2D eigenvalue weighted by atomic mass is 9.95. The molecule has 0 bridgehead atoms. The Labute approximate surface area is 98.3 Å². The van der Waals surface area contributed by atoms with Crippen molar-refractivity contribution in [2.24, 2.45) is 5.41 Å². The molecule has 1 aromatic heterocycles. The topological polar surface area (TPSA) is 102 Å². The largest absolute Gasteiger partial charge is 0.494 e. The fourth-order valence-electron chi connectivity index (χ4n) is 1.14. The smallest absolute Gasteiger partial charge is 0.251 e. The molecule has 0 aliphatic heterocycles. The Morgan fingerprint density at radius 1 is 1.47 bits per heavy atom. The van der Waals surface area contributed by atoms with Crippen molar-refractivity contribution < 1.29 is 15.0 Å². The zero-order chi connectivity index (χ0) is 13.1. The molecule has 0 atom stereocenters. The number of carbonyl (C=O) groups is 1. The van der Waals surface area contributed by atoms with Crippen molar-refractivity contribution in [3.05, 3.63) is 28.0 Å². The van der Waals surface area contributed by atoms with Crippen molar-refractivity contribution in [2.45, 2.75) is 13.8 Å². The minimum absolute atomic E-state index is 0.0616. The first-order valence-electron chi connectivity index (χ1n) is 5.16. The number of amides is 1. The van der Waals surface area contributed by atoms with Crippen molar-refractivity contribution >= 4 is 5.91 Å². The molecule has 6 nitrogen and oxygen atoms in total. The van der Waals surface area contributed by atoms with Crippen LogP contribution in [0.1, 0.15) is 24.2 Å². The van der Waals surface area contributed by atoms with Gasteiger partial charge in [0.15, 0.2) is 5.88 Å². The molecule has 0 radical (unpaired) electrons. The standard InChI is InChI=1S/C11H16N2O4/c1-11(2,6-14)5-12-10(17)7-3-8(15)13-9(16)4-7/h3-4,14H,5-6H2,1-2H3,(H,12,17)(H2,13,15,16). The quantitative estimate of drug-likeness (QED) is 0.586. The molecule has 0 unspecified atom stereocenters. The van der Waals surface area contributed by atoms with E-state index in [1.165, 1.54) is 6.07 Å². The maximum Gasteiger partial charge on any atom is 0.251 e. The zero-order valence-electron chi connectivity index (χ0n) is 9.78. The van der Waals surface area contributed by atoms with Crippen LogP contribution in [-0.4, -0.2) is 34.3 Å². The summed E-state index contributed by atoms with van der Waals surface area (Å²) in [6, 6.07) is 2.27. The molecule has 4 N–H and O–H groups in total. The summed E-state index contributed by atoms with van der Waals surface area (Å²) < 4.78 is 0. The molecule has 0 saturated heterocycles. The Kier molecular flexibility index (Phi) is 3.90. The molecule has 1 heterocycles. The van der Waals surface area contributed by atoms with E-state index >= 15 is 0 Å². The lowest BCUT2D eigenvalue weighted by Gasteiger charge is -2.21. The molecule has 0 aromatic carbocycles. The Hall–Kier alpha value is -1.82. The second-order valence-corrected chi connectivity index (χ2v) is 4.62.